The highest BCUT2D eigenvalue weighted by molar-refractivity contribution is 8.26. The van der Waals surface area contributed by atoms with Gasteiger partial charge in [0.1, 0.15) is 15.8 Å². The molecule has 6 nitrogen and oxygen atoms in total. The van der Waals surface area contributed by atoms with Crippen molar-refractivity contribution in [3.05, 3.63) is 44.7 Å². The lowest BCUT2D eigenvalue weighted by Crippen LogP contribution is -2.34. The molecule has 0 radical (unpaired) electrons. The highest BCUT2D eigenvalue weighted by atomic mass is 32.2. The molecule has 0 atom stereocenters. The molecule has 3 rings (SSSR count). The molecule has 27 heavy (non-hydrogen) atoms. The number of aryl methyl sites for hydroxylation is 1. The van der Waals surface area contributed by atoms with Crippen molar-refractivity contribution in [3.63, 3.8) is 0 Å². The Balaban J connectivity index is 2.18. The lowest BCUT2D eigenvalue weighted by Gasteiger charge is -2.18. The maximum absolute atomic E-state index is 13.1. The van der Waals surface area contributed by atoms with E-state index in [0.717, 1.165) is 12.0 Å². The van der Waals surface area contributed by atoms with E-state index < -0.39 is 0 Å². The van der Waals surface area contributed by atoms with E-state index in [1.54, 1.807) is 17.2 Å². The van der Waals surface area contributed by atoms with Gasteiger partial charge in [0.2, 0.25) is 0 Å². The third-order valence-electron chi connectivity index (χ3n) is 4.24. The number of anilines is 1. The molecule has 142 valence electrons. The van der Waals surface area contributed by atoms with Gasteiger partial charge in [0.05, 0.1) is 10.5 Å². The second-order valence-corrected chi connectivity index (χ2v) is 8.31. The molecule has 0 aromatic carbocycles. The molecule has 0 aliphatic carbocycles. The predicted molar refractivity (Wildman–Crippen MR) is 115 cm³/mol. The summed E-state index contributed by atoms with van der Waals surface area (Å²) in [4.78, 5) is 32.5. The van der Waals surface area contributed by atoms with Crippen LogP contribution in [-0.4, -0.2) is 37.1 Å². The maximum Gasteiger partial charge on any atom is 0.267 e. The molecule has 0 unspecified atom stereocenters. The Bertz CT molecular complexity index is 1010. The molecule has 2 aromatic heterocycles. The second-order valence-electron chi connectivity index (χ2n) is 6.64. The van der Waals surface area contributed by atoms with Crippen LogP contribution in [0.4, 0.5) is 5.82 Å². The molecule has 1 saturated heterocycles. The first kappa shape index (κ1) is 19.6. The van der Waals surface area contributed by atoms with Crippen molar-refractivity contribution in [1.29, 1.82) is 0 Å². The van der Waals surface area contributed by atoms with Gasteiger partial charge in [-0.1, -0.05) is 37.0 Å². The van der Waals surface area contributed by atoms with E-state index >= 15 is 0 Å². The molecule has 1 fully saturated rings. The number of pyridine rings is 1. The Morgan fingerprint density at radius 1 is 1.37 bits per heavy atom. The number of thioether (sulfide) groups is 1. The molecular formula is C19H22N4O2S2. The summed E-state index contributed by atoms with van der Waals surface area (Å²) in [6.45, 7) is 8.47. The van der Waals surface area contributed by atoms with E-state index in [9.17, 15) is 9.59 Å². The number of nitrogens with zero attached hydrogens (tertiary/aromatic N) is 3. The molecule has 8 heteroatoms. The molecular weight excluding hydrogens is 380 g/mol. The van der Waals surface area contributed by atoms with Crippen LogP contribution in [0.15, 0.2) is 28.0 Å². The van der Waals surface area contributed by atoms with Gasteiger partial charge < -0.3 is 5.32 Å². The lowest BCUT2D eigenvalue weighted by molar-refractivity contribution is -0.123. The number of hydrogen-bond donors (Lipinski definition) is 1. The standard InChI is InChI=1S/C19H22N4O2S2/c1-5-8-20-15-13(10-14-18(25)23(11(2)3)19(26)27-14)17(24)22-9-6-7-12(4)16(22)21-15/h6-7,9-11,20H,5,8H2,1-4H3/b14-10+. The number of aromatic nitrogens is 2. The SMILES string of the molecule is CCCNc1nc2c(C)cccn2c(=O)c1/C=C1/SC(=S)N(C(C)C)C1=O. The van der Waals surface area contributed by atoms with Crippen molar-refractivity contribution in [1.82, 2.24) is 14.3 Å². The first-order valence-corrected chi connectivity index (χ1v) is 10.1. The lowest BCUT2D eigenvalue weighted by atomic mass is 10.2. The van der Waals surface area contributed by atoms with Gasteiger partial charge in [-0.05, 0) is 44.9 Å². The smallest absolute Gasteiger partial charge is 0.267 e. The number of hydrogen-bond acceptors (Lipinski definition) is 6. The first-order valence-electron chi connectivity index (χ1n) is 8.88. The average molecular weight is 403 g/mol. The van der Waals surface area contributed by atoms with Crippen molar-refractivity contribution in [2.75, 3.05) is 11.9 Å². The van der Waals surface area contributed by atoms with Crippen molar-refractivity contribution in [2.45, 2.75) is 40.2 Å². The number of amides is 1. The third-order valence-corrected chi connectivity index (χ3v) is 5.57. The minimum absolute atomic E-state index is 0.0282. The largest absolute Gasteiger partial charge is 0.369 e. The van der Waals surface area contributed by atoms with Crippen LogP contribution in [0.2, 0.25) is 0 Å². The summed E-state index contributed by atoms with van der Waals surface area (Å²) >= 11 is 6.55. The van der Waals surface area contributed by atoms with Crippen LogP contribution < -0.4 is 10.9 Å². The van der Waals surface area contributed by atoms with Gasteiger partial charge in [0.15, 0.2) is 0 Å². The van der Waals surface area contributed by atoms with Crippen molar-refractivity contribution in [2.24, 2.45) is 0 Å². The quantitative estimate of drug-likeness (QED) is 0.610. The van der Waals surface area contributed by atoms with Gasteiger partial charge in [-0.15, -0.1) is 0 Å². The van der Waals surface area contributed by atoms with Crippen LogP contribution >= 0.6 is 24.0 Å². The zero-order valence-electron chi connectivity index (χ0n) is 15.8. The minimum atomic E-state index is -0.211. The summed E-state index contributed by atoms with van der Waals surface area (Å²) < 4.78 is 2.02. The third kappa shape index (κ3) is 3.64. The van der Waals surface area contributed by atoms with E-state index in [1.165, 1.54) is 16.2 Å². The monoisotopic (exact) mass is 402 g/mol. The van der Waals surface area contributed by atoms with Crippen molar-refractivity contribution in [3.8, 4) is 0 Å². The zero-order valence-corrected chi connectivity index (χ0v) is 17.4. The molecule has 1 aliphatic heterocycles. The fraction of sp³-hybridized carbons (Fsp3) is 0.368. The molecule has 2 aromatic rings. The van der Waals surface area contributed by atoms with Crippen LogP contribution in [0.1, 0.15) is 38.3 Å². The first-order chi connectivity index (χ1) is 12.8. The number of nitrogens with one attached hydrogen (secondary N) is 1. The predicted octanol–water partition coefficient (Wildman–Crippen LogP) is 3.43. The second kappa shape index (κ2) is 7.82. The van der Waals surface area contributed by atoms with Gasteiger partial charge in [-0.2, -0.15) is 0 Å². The van der Waals surface area contributed by atoms with Crippen LogP contribution in [0.25, 0.3) is 11.7 Å². The van der Waals surface area contributed by atoms with Crippen LogP contribution in [-0.2, 0) is 4.79 Å². The van der Waals surface area contributed by atoms with Gasteiger partial charge >= 0.3 is 0 Å². The Hall–Kier alpha value is -2.19. The summed E-state index contributed by atoms with van der Waals surface area (Å²) in [5.41, 5.74) is 1.67. The maximum atomic E-state index is 13.1. The normalized spacial score (nSPS) is 16.2. The van der Waals surface area contributed by atoms with Gasteiger partial charge in [-0.3, -0.25) is 18.9 Å². The Morgan fingerprint density at radius 2 is 2.11 bits per heavy atom. The van der Waals surface area contributed by atoms with Crippen molar-refractivity contribution >= 4 is 51.7 Å². The number of carbonyl (C=O) groups is 1. The van der Waals surface area contributed by atoms with Gasteiger partial charge in [-0.25, -0.2) is 4.98 Å². The Morgan fingerprint density at radius 3 is 2.74 bits per heavy atom. The number of thiocarbonyl (C=S) groups is 1. The highest BCUT2D eigenvalue weighted by Gasteiger charge is 2.34. The van der Waals surface area contributed by atoms with E-state index in [-0.39, 0.29) is 17.5 Å². The number of fused-ring (bicyclic) bond motifs is 1. The number of carbonyl (C=O) groups excluding carboxylic acids is 1. The molecule has 1 N–H and O–H groups in total. The fourth-order valence-electron chi connectivity index (χ4n) is 2.88. The molecule has 1 aliphatic rings. The summed E-state index contributed by atoms with van der Waals surface area (Å²) in [5, 5.41) is 3.22. The summed E-state index contributed by atoms with van der Waals surface area (Å²) in [6, 6.07) is 3.70. The molecule has 0 spiro atoms. The minimum Gasteiger partial charge on any atom is -0.369 e. The molecule has 1 amide bonds. The molecule has 3 heterocycles. The topological polar surface area (TPSA) is 66.7 Å². The highest BCUT2D eigenvalue weighted by Crippen LogP contribution is 2.34. The van der Waals surface area contributed by atoms with Crippen LogP contribution in [0.5, 0.6) is 0 Å². The summed E-state index contributed by atoms with van der Waals surface area (Å²) in [6.07, 6.45) is 4.20. The fourth-order valence-corrected chi connectivity index (χ4v) is 4.38. The van der Waals surface area contributed by atoms with E-state index in [0.29, 0.717) is 32.8 Å². The van der Waals surface area contributed by atoms with E-state index in [1.807, 2.05) is 39.8 Å². The Labute approximate surface area is 167 Å². The Kier molecular flexibility index (Phi) is 5.67. The zero-order chi connectivity index (χ0) is 19.7. The van der Waals surface area contributed by atoms with Gasteiger partial charge in [0, 0.05) is 18.8 Å². The van der Waals surface area contributed by atoms with Gasteiger partial charge in [0.25, 0.3) is 11.5 Å². The summed E-state index contributed by atoms with van der Waals surface area (Å²) in [7, 11) is 0. The summed E-state index contributed by atoms with van der Waals surface area (Å²) in [5.74, 6) is 0.321. The molecule has 0 saturated carbocycles. The molecule has 0 bridgehead atoms. The number of rotatable bonds is 5. The van der Waals surface area contributed by atoms with E-state index in [2.05, 4.69) is 10.3 Å². The van der Waals surface area contributed by atoms with Crippen molar-refractivity contribution < 1.29 is 4.79 Å². The van der Waals surface area contributed by atoms with Crippen LogP contribution in [0.3, 0.4) is 0 Å². The van der Waals surface area contributed by atoms with Crippen LogP contribution in [0, 0.1) is 6.92 Å². The van der Waals surface area contributed by atoms with E-state index in [4.69, 9.17) is 12.2 Å². The average Bonchev–Trinajstić information content (AvgIpc) is 2.90.